The molecule has 5 heterocycles. The van der Waals surface area contributed by atoms with E-state index < -0.39 is 0 Å². The Bertz CT molecular complexity index is 3400. The van der Waals surface area contributed by atoms with E-state index >= 15 is 0 Å². The first kappa shape index (κ1) is 44.0. The predicted octanol–water partition coefficient (Wildman–Crippen LogP) is 15.7. The standard InChI is InChI=1S/C62H60BN5O/c1-60(2,3)45-28-31-64-58(37-45)68-54-23-14-13-22-52(54)53-27-26-50(39-57(53)68)69-49-21-17-20-48(38-49)66-41-67(56-25-16-15-24-55(56)66)59-51(42-18-11-10-12-19-42)30-33-65-32-29-43(40-63(59)65)44-34-46(61(4,5)6)36-47(35-44)62(7,8)9/h10-40H,41H2,1-9H3. The molecule has 3 aliphatic rings. The number of anilines is 3. The van der Waals surface area contributed by atoms with Crippen LogP contribution in [-0.2, 0) is 16.2 Å². The highest BCUT2D eigenvalue weighted by molar-refractivity contribution is 6.73. The second-order valence-electron chi connectivity index (χ2n) is 21.9. The Labute approximate surface area is 408 Å². The van der Waals surface area contributed by atoms with Gasteiger partial charge in [0, 0.05) is 40.4 Å². The number of hydrogen-bond acceptors (Lipinski definition) is 5. The Hall–Kier alpha value is -7.51. The fraction of sp³-hybridized carbons (Fsp3) is 0.210. The van der Waals surface area contributed by atoms with Crippen LogP contribution in [0.15, 0.2) is 194 Å². The molecule has 0 amide bonds. The molecule has 6 nitrogen and oxygen atoms in total. The van der Waals surface area contributed by atoms with Gasteiger partial charge in [0.15, 0.2) is 0 Å². The van der Waals surface area contributed by atoms with Crippen molar-refractivity contribution in [2.45, 2.75) is 78.6 Å². The molecule has 0 saturated carbocycles. The first-order chi connectivity index (χ1) is 33.1. The largest absolute Gasteiger partial charge is 0.457 e. The fourth-order valence-corrected chi connectivity index (χ4v) is 10.1. The smallest absolute Gasteiger partial charge is 0.338 e. The second kappa shape index (κ2) is 16.6. The van der Waals surface area contributed by atoms with Gasteiger partial charge in [0.1, 0.15) is 17.3 Å². The molecule has 342 valence electrons. The Balaban J connectivity index is 0.970. The lowest BCUT2D eigenvalue weighted by Gasteiger charge is -2.38. The van der Waals surface area contributed by atoms with Gasteiger partial charge in [-0.1, -0.05) is 153 Å². The minimum Gasteiger partial charge on any atom is -0.457 e. The third-order valence-electron chi connectivity index (χ3n) is 14.0. The number of ether oxygens (including phenoxy) is 1. The molecule has 11 rings (SSSR count). The van der Waals surface area contributed by atoms with E-state index in [-0.39, 0.29) is 23.1 Å². The highest BCUT2D eigenvalue weighted by Gasteiger charge is 2.40. The molecule has 0 unspecified atom stereocenters. The molecule has 0 aliphatic carbocycles. The number of nitrogens with zero attached hydrogens (tertiary/aromatic N) is 5. The molecule has 0 bridgehead atoms. The number of benzene rings is 6. The molecule has 8 aromatic rings. The Morgan fingerprint density at radius 2 is 1.17 bits per heavy atom. The Morgan fingerprint density at radius 3 is 1.91 bits per heavy atom. The summed E-state index contributed by atoms with van der Waals surface area (Å²) in [5, 5.41) is 2.34. The van der Waals surface area contributed by atoms with E-state index in [0.29, 0.717) is 6.67 Å². The molecular formula is C62H60BN5O. The summed E-state index contributed by atoms with van der Waals surface area (Å²) in [6.45, 7) is 21.2. The maximum Gasteiger partial charge on any atom is 0.338 e. The summed E-state index contributed by atoms with van der Waals surface area (Å²) in [6.07, 6.45) is 11.0. The summed E-state index contributed by atoms with van der Waals surface area (Å²) in [6, 6.07) is 54.7. The number of rotatable bonds is 7. The second-order valence-corrected chi connectivity index (χ2v) is 21.9. The van der Waals surface area contributed by atoms with E-state index in [1.807, 2.05) is 6.20 Å². The number of allylic oxidation sites excluding steroid dienone is 4. The molecule has 0 radical (unpaired) electrons. The van der Waals surface area contributed by atoms with Gasteiger partial charge in [0.05, 0.1) is 29.1 Å². The molecule has 0 saturated heterocycles. The fourth-order valence-electron chi connectivity index (χ4n) is 10.1. The van der Waals surface area contributed by atoms with Gasteiger partial charge in [0.2, 0.25) is 0 Å². The maximum atomic E-state index is 6.83. The van der Waals surface area contributed by atoms with E-state index in [9.17, 15) is 0 Å². The van der Waals surface area contributed by atoms with Crippen molar-refractivity contribution in [1.29, 1.82) is 0 Å². The van der Waals surface area contributed by atoms with E-state index in [4.69, 9.17) is 9.72 Å². The van der Waals surface area contributed by atoms with Gasteiger partial charge in [-0.2, -0.15) is 0 Å². The van der Waals surface area contributed by atoms with E-state index in [0.717, 1.165) is 45.1 Å². The van der Waals surface area contributed by atoms with Gasteiger partial charge in [-0.05, 0) is 134 Å². The van der Waals surface area contributed by atoms with Gasteiger partial charge in [-0.15, -0.1) is 0 Å². The monoisotopic (exact) mass is 901 g/mol. The normalized spacial score (nSPS) is 15.1. The lowest BCUT2D eigenvalue weighted by molar-refractivity contribution is 0.483. The lowest BCUT2D eigenvalue weighted by Crippen LogP contribution is -2.44. The van der Waals surface area contributed by atoms with Crippen LogP contribution < -0.4 is 14.5 Å². The van der Waals surface area contributed by atoms with Gasteiger partial charge in [-0.25, -0.2) is 4.98 Å². The van der Waals surface area contributed by atoms with E-state index in [2.05, 4.69) is 264 Å². The van der Waals surface area contributed by atoms with Crippen molar-refractivity contribution >= 4 is 56.9 Å². The summed E-state index contributed by atoms with van der Waals surface area (Å²) >= 11 is 0. The number of para-hydroxylation sites is 3. The van der Waals surface area contributed by atoms with Gasteiger partial charge in [-0.3, -0.25) is 4.57 Å². The molecule has 0 N–H and O–H groups in total. The van der Waals surface area contributed by atoms with E-state index in [1.165, 1.54) is 55.6 Å². The van der Waals surface area contributed by atoms with Crippen LogP contribution in [0.5, 0.6) is 11.5 Å². The van der Waals surface area contributed by atoms with Crippen molar-refractivity contribution in [3.63, 3.8) is 0 Å². The van der Waals surface area contributed by atoms with Gasteiger partial charge >= 0.3 is 6.85 Å². The molecule has 3 aliphatic heterocycles. The maximum absolute atomic E-state index is 6.83. The highest BCUT2D eigenvalue weighted by Crippen LogP contribution is 2.47. The highest BCUT2D eigenvalue weighted by atomic mass is 16.5. The van der Waals surface area contributed by atoms with Gasteiger partial charge in [0.25, 0.3) is 0 Å². The van der Waals surface area contributed by atoms with Gasteiger partial charge < -0.3 is 19.3 Å². The van der Waals surface area contributed by atoms with Crippen molar-refractivity contribution in [2.75, 3.05) is 16.5 Å². The van der Waals surface area contributed by atoms with Crippen LogP contribution in [0, 0.1) is 0 Å². The quantitative estimate of drug-likeness (QED) is 0.149. The van der Waals surface area contributed by atoms with Crippen LogP contribution in [0.25, 0.3) is 38.8 Å². The predicted molar refractivity (Wildman–Crippen MR) is 291 cm³/mol. The van der Waals surface area contributed by atoms with Crippen LogP contribution >= 0.6 is 0 Å². The van der Waals surface area contributed by atoms with Crippen LogP contribution in [-0.4, -0.2) is 27.9 Å². The molecule has 0 fully saturated rings. The molecule has 2 aromatic heterocycles. The number of fused-ring (bicyclic) bond motifs is 5. The summed E-state index contributed by atoms with van der Waals surface area (Å²) in [5.74, 6) is 4.91. The third-order valence-corrected chi connectivity index (χ3v) is 14.0. The first-order valence-corrected chi connectivity index (χ1v) is 24.3. The Morgan fingerprint density at radius 1 is 0.522 bits per heavy atom. The zero-order chi connectivity index (χ0) is 47.8. The van der Waals surface area contributed by atoms with E-state index in [1.54, 1.807) is 0 Å². The molecule has 7 heteroatoms. The summed E-state index contributed by atoms with van der Waals surface area (Å²) in [5.41, 5.74) is 15.6. The van der Waals surface area contributed by atoms with Crippen molar-refractivity contribution < 1.29 is 4.74 Å². The summed E-state index contributed by atoms with van der Waals surface area (Å²) in [4.78, 5) is 12.2. The third kappa shape index (κ3) is 8.14. The minimum absolute atomic E-state index is 0.0108. The van der Waals surface area contributed by atoms with Crippen molar-refractivity contribution in [3.8, 4) is 17.3 Å². The Kier molecular flexibility index (Phi) is 10.6. The number of hydrogen-bond donors (Lipinski definition) is 0. The number of aromatic nitrogens is 2. The zero-order valence-electron chi connectivity index (χ0n) is 41.3. The molecule has 0 spiro atoms. The minimum atomic E-state index is -0.0547. The lowest BCUT2D eigenvalue weighted by atomic mass is 9.51. The van der Waals surface area contributed by atoms with Crippen LogP contribution in [0.1, 0.15) is 90.1 Å². The van der Waals surface area contributed by atoms with Crippen molar-refractivity contribution in [2.24, 2.45) is 0 Å². The number of pyridine rings is 1. The summed E-state index contributed by atoms with van der Waals surface area (Å²) < 4.78 is 9.10. The summed E-state index contributed by atoms with van der Waals surface area (Å²) in [7, 11) is 0. The topological polar surface area (TPSA) is 36.8 Å². The zero-order valence-corrected chi connectivity index (χ0v) is 41.3. The van der Waals surface area contributed by atoms with Crippen molar-refractivity contribution in [1.82, 2.24) is 14.4 Å². The molecular weight excluding hydrogens is 842 g/mol. The first-order valence-electron chi connectivity index (χ1n) is 24.3. The van der Waals surface area contributed by atoms with Crippen molar-refractivity contribution in [3.05, 3.63) is 222 Å². The van der Waals surface area contributed by atoms with Crippen LogP contribution in [0.4, 0.5) is 17.1 Å². The molecule has 69 heavy (non-hydrogen) atoms. The molecule has 6 aromatic carbocycles. The average Bonchev–Trinajstić information content (AvgIpc) is 3.89. The molecule has 0 atom stereocenters. The van der Waals surface area contributed by atoms with Crippen LogP contribution in [0.2, 0.25) is 0 Å². The SMILES string of the molecule is CC(C)(C)c1cc(C2=CB3C(N4CN(c5cccc(Oc6ccc7c8ccccc8n(-c8cc(C(C)(C)C)ccn8)c7c6)c5)c5ccccc54)=C(c4ccccc4)C=CN3C=C2)cc(C(C)(C)C)c1. The average molecular weight is 902 g/mol. The van der Waals surface area contributed by atoms with Crippen LogP contribution in [0.3, 0.4) is 0 Å².